The summed E-state index contributed by atoms with van der Waals surface area (Å²) in [6, 6.07) is 7.22. The number of nitrogens with zero attached hydrogens (tertiary/aromatic N) is 4. The number of anilines is 2. The van der Waals surface area contributed by atoms with Gasteiger partial charge in [0.25, 0.3) is 6.43 Å². The van der Waals surface area contributed by atoms with Crippen LogP contribution >= 0.6 is 0 Å². The normalized spacial score (nSPS) is 21.5. The summed E-state index contributed by atoms with van der Waals surface area (Å²) in [6.07, 6.45) is -2.14. The summed E-state index contributed by atoms with van der Waals surface area (Å²) in [5.41, 5.74) is 1.04. The van der Waals surface area contributed by atoms with E-state index in [-0.39, 0.29) is 23.4 Å². The van der Waals surface area contributed by atoms with Gasteiger partial charge in [0, 0.05) is 43.3 Å². The van der Waals surface area contributed by atoms with E-state index in [0.717, 1.165) is 18.2 Å². The van der Waals surface area contributed by atoms with Gasteiger partial charge in [0.1, 0.15) is 29.8 Å². The van der Waals surface area contributed by atoms with Crippen LogP contribution in [-0.4, -0.2) is 66.3 Å². The molecule has 0 unspecified atom stereocenters. The Kier molecular flexibility index (Phi) is 6.70. The van der Waals surface area contributed by atoms with Gasteiger partial charge in [-0.3, -0.25) is 4.79 Å². The molecule has 2 saturated heterocycles. The zero-order valence-electron chi connectivity index (χ0n) is 21.8. The lowest BCUT2D eigenvalue weighted by Crippen LogP contribution is -2.59. The van der Waals surface area contributed by atoms with Crippen molar-refractivity contribution in [3.8, 4) is 5.75 Å². The van der Waals surface area contributed by atoms with E-state index in [2.05, 4.69) is 20.2 Å². The number of carbonyl (C=O) groups excluding carboxylic acids is 1. The van der Waals surface area contributed by atoms with E-state index in [9.17, 15) is 18.0 Å². The number of hydrogen-bond acceptors (Lipinski definition) is 7. The van der Waals surface area contributed by atoms with Crippen molar-refractivity contribution in [3.05, 3.63) is 53.1 Å². The Hall–Kier alpha value is -3.60. The lowest BCUT2D eigenvalue weighted by Gasteiger charge is -2.46. The van der Waals surface area contributed by atoms with Crippen molar-refractivity contribution in [1.29, 1.82) is 0 Å². The number of fused-ring (bicyclic) bond motifs is 4. The fourth-order valence-electron chi connectivity index (χ4n) is 5.75. The average Bonchev–Trinajstić information content (AvgIpc) is 3.46. The summed E-state index contributed by atoms with van der Waals surface area (Å²) < 4.78 is 52.9. The summed E-state index contributed by atoms with van der Waals surface area (Å²) >= 11 is 0. The van der Waals surface area contributed by atoms with Gasteiger partial charge < -0.3 is 24.6 Å². The average molecular weight is 542 g/mol. The standard InChI is InChI=1S/C28H30F3N5O3/c1-15(19-4-3-5-20(25(19)29)26(30)31)32-27-21-10-23-24(11-22(21)33-16(2)34-27)39-14-18-12-35(7-8-36(18)23)28(37)17-6-9-38-13-17/h3-5,10-11,15,17-18,26H,6-9,12-14H2,1-2H3,(H,32,33,34)/t15-,17+,18-/m1/s1. The van der Waals surface area contributed by atoms with Gasteiger partial charge in [0.15, 0.2) is 0 Å². The number of amides is 1. The molecule has 1 aromatic heterocycles. The molecule has 0 radical (unpaired) electrons. The van der Waals surface area contributed by atoms with Crippen molar-refractivity contribution in [1.82, 2.24) is 14.9 Å². The Bertz CT molecular complexity index is 1410. The minimum atomic E-state index is -2.90. The molecular weight excluding hydrogens is 511 g/mol. The van der Waals surface area contributed by atoms with Crippen LogP contribution in [0.5, 0.6) is 5.75 Å². The first-order valence-corrected chi connectivity index (χ1v) is 13.2. The summed E-state index contributed by atoms with van der Waals surface area (Å²) in [4.78, 5) is 26.3. The molecule has 2 fully saturated rings. The highest BCUT2D eigenvalue weighted by molar-refractivity contribution is 5.94. The van der Waals surface area contributed by atoms with Crippen LogP contribution in [-0.2, 0) is 9.53 Å². The van der Waals surface area contributed by atoms with Crippen molar-refractivity contribution in [2.24, 2.45) is 5.92 Å². The molecule has 8 nitrogen and oxygen atoms in total. The Morgan fingerprint density at radius 1 is 1.15 bits per heavy atom. The number of aryl methyl sites for hydroxylation is 1. The van der Waals surface area contributed by atoms with Crippen LogP contribution in [0.15, 0.2) is 30.3 Å². The molecule has 206 valence electrons. The molecule has 0 saturated carbocycles. The number of rotatable bonds is 5. The Labute approximate surface area is 224 Å². The predicted molar refractivity (Wildman–Crippen MR) is 140 cm³/mol. The van der Waals surface area contributed by atoms with Crippen LogP contribution in [0.2, 0.25) is 0 Å². The fraction of sp³-hybridized carbons (Fsp3) is 0.464. The monoisotopic (exact) mass is 541 g/mol. The van der Waals surface area contributed by atoms with Gasteiger partial charge in [-0.25, -0.2) is 23.1 Å². The largest absolute Gasteiger partial charge is 0.489 e. The van der Waals surface area contributed by atoms with E-state index in [0.29, 0.717) is 67.7 Å². The summed E-state index contributed by atoms with van der Waals surface area (Å²) in [7, 11) is 0. The highest BCUT2D eigenvalue weighted by Crippen LogP contribution is 2.40. The quantitative estimate of drug-likeness (QED) is 0.505. The van der Waals surface area contributed by atoms with Gasteiger partial charge in [-0.15, -0.1) is 0 Å². The highest BCUT2D eigenvalue weighted by atomic mass is 19.3. The van der Waals surface area contributed by atoms with E-state index >= 15 is 0 Å². The third-order valence-corrected chi connectivity index (χ3v) is 7.82. The van der Waals surface area contributed by atoms with E-state index in [4.69, 9.17) is 9.47 Å². The Morgan fingerprint density at radius 3 is 2.74 bits per heavy atom. The topological polar surface area (TPSA) is 79.8 Å². The number of piperazine rings is 1. The fourth-order valence-corrected chi connectivity index (χ4v) is 5.75. The molecule has 0 bridgehead atoms. The minimum Gasteiger partial charge on any atom is -0.489 e. The molecule has 4 heterocycles. The highest BCUT2D eigenvalue weighted by Gasteiger charge is 2.37. The number of hydrogen-bond donors (Lipinski definition) is 1. The lowest BCUT2D eigenvalue weighted by molar-refractivity contribution is -0.136. The number of benzene rings is 2. The first kappa shape index (κ1) is 25.7. The molecule has 11 heteroatoms. The second-order valence-corrected chi connectivity index (χ2v) is 10.4. The SMILES string of the molecule is Cc1nc(N[C@H](C)c2cccc(C(F)F)c2F)c2cc3c(cc2n1)OC[C@H]1CN(C(=O)[C@H]2CCOC2)CCN31. The van der Waals surface area contributed by atoms with Crippen LogP contribution < -0.4 is 15.0 Å². The maximum absolute atomic E-state index is 14.9. The third-order valence-electron chi connectivity index (χ3n) is 7.82. The number of halogens is 3. The zero-order valence-corrected chi connectivity index (χ0v) is 21.8. The van der Waals surface area contributed by atoms with Crippen LogP contribution in [0, 0.1) is 18.7 Å². The summed E-state index contributed by atoms with van der Waals surface area (Å²) in [5.74, 6) is 0.842. The van der Waals surface area contributed by atoms with Crippen molar-refractivity contribution in [2.45, 2.75) is 38.8 Å². The van der Waals surface area contributed by atoms with Gasteiger partial charge in [-0.2, -0.15) is 0 Å². The molecule has 0 aliphatic carbocycles. The van der Waals surface area contributed by atoms with E-state index in [1.165, 1.54) is 12.1 Å². The molecule has 6 rings (SSSR count). The van der Waals surface area contributed by atoms with Crippen LogP contribution in [0.3, 0.4) is 0 Å². The number of alkyl halides is 2. The Balaban J connectivity index is 1.29. The van der Waals surface area contributed by atoms with E-state index < -0.39 is 23.8 Å². The molecular formula is C28H30F3N5O3. The molecule has 3 aromatic rings. The molecule has 3 aliphatic heterocycles. The second kappa shape index (κ2) is 10.2. The van der Waals surface area contributed by atoms with Crippen LogP contribution in [0.25, 0.3) is 10.9 Å². The minimum absolute atomic E-state index is 0.00264. The maximum Gasteiger partial charge on any atom is 0.266 e. The van der Waals surface area contributed by atoms with Gasteiger partial charge in [-0.05, 0) is 26.3 Å². The number of aromatic nitrogens is 2. The first-order valence-electron chi connectivity index (χ1n) is 13.2. The predicted octanol–water partition coefficient (Wildman–Crippen LogP) is 4.63. The molecule has 0 spiro atoms. The maximum atomic E-state index is 14.9. The van der Waals surface area contributed by atoms with Crippen LogP contribution in [0.4, 0.5) is 24.7 Å². The molecule has 2 aromatic carbocycles. The lowest BCUT2D eigenvalue weighted by atomic mass is 10.0. The Morgan fingerprint density at radius 2 is 1.97 bits per heavy atom. The van der Waals surface area contributed by atoms with E-state index in [1.807, 2.05) is 17.0 Å². The van der Waals surface area contributed by atoms with Gasteiger partial charge in [0.05, 0.1) is 41.4 Å². The summed E-state index contributed by atoms with van der Waals surface area (Å²) in [5, 5.41) is 3.93. The number of nitrogens with one attached hydrogen (secondary N) is 1. The van der Waals surface area contributed by atoms with Gasteiger partial charge >= 0.3 is 0 Å². The van der Waals surface area contributed by atoms with E-state index in [1.54, 1.807) is 13.8 Å². The first-order chi connectivity index (χ1) is 18.8. The molecule has 3 atom stereocenters. The van der Waals surface area contributed by atoms with Gasteiger partial charge in [0.2, 0.25) is 5.91 Å². The smallest absolute Gasteiger partial charge is 0.266 e. The third kappa shape index (κ3) is 4.73. The number of carbonyl (C=O) groups is 1. The molecule has 3 aliphatic rings. The molecule has 1 amide bonds. The summed E-state index contributed by atoms with van der Waals surface area (Å²) in [6.45, 7) is 6.87. The van der Waals surface area contributed by atoms with Crippen molar-refractivity contribution < 1.29 is 27.4 Å². The van der Waals surface area contributed by atoms with Gasteiger partial charge in [-0.1, -0.05) is 18.2 Å². The molecule has 39 heavy (non-hydrogen) atoms. The zero-order chi connectivity index (χ0) is 27.3. The van der Waals surface area contributed by atoms with Crippen molar-refractivity contribution in [2.75, 3.05) is 49.7 Å². The molecule has 1 N–H and O–H groups in total. The van der Waals surface area contributed by atoms with Crippen molar-refractivity contribution >= 4 is 28.3 Å². The number of ether oxygens (including phenoxy) is 2. The van der Waals surface area contributed by atoms with Crippen LogP contribution in [0.1, 0.15) is 42.8 Å². The second-order valence-electron chi connectivity index (χ2n) is 10.4. The van der Waals surface area contributed by atoms with Crippen molar-refractivity contribution in [3.63, 3.8) is 0 Å².